The Balaban J connectivity index is 0.00000264. The maximum Gasteiger partial charge on any atom is 0.123 e. The van der Waals surface area contributed by atoms with E-state index in [-0.39, 0.29) is 12.4 Å². The molecule has 1 aliphatic heterocycles. The summed E-state index contributed by atoms with van der Waals surface area (Å²) in [5.74, 6) is 2.28. The molecule has 0 unspecified atom stereocenters. The zero-order valence-corrected chi connectivity index (χ0v) is 15.7. The van der Waals surface area contributed by atoms with E-state index in [9.17, 15) is 0 Å². The van der Waals surface area contributed by atoms with Gasteiger partial charge in [-0.25, -0.2) is 0 Å². The molecular formula is C19H33ClN2O. The topological polar surface area (TPSA) is 38.5 Å². The van der Waals surface area contributed by atoms with Gasteiger partial charge in [-0.1, -0.05) is 26.0 Å². The van der Waals surface area contributed by atoms with E-state index in [1.54, 1.807) is 0 Å². The van der Waals surface area contributed by atoms with Crippen LogP contribution in [0.15, 0.2) is 18.2 Å². The van der Waals surface area contributed by atoms with Gasteiger partial charge in [0.2, 0.25) is 0 Å². The molecule has 0 spiro atoms. The number of nitrogens with two attached hydrogens (primary N) is 1. The molecule has 1 aromatic rings. The van der Waals surface area contributed by atoms with Crippen molar-refractivity contribution in [3.05, 3.63) is 29.3 Å². The molecule has 2 rings (SSSR count). The molecule has 1 fully saturated rings. The van der Waals surface area contributed by atoms with Gasteiger partial charge in [-0.2, -0.15) is 0 Å². The fraction of sp³-hybridized carbons (Fsp3) is 0.684. The van der Waals surface area contributed by atoms with Crippen LogP contribution in [-0.4, -0.2) is 37.7 Å². The first-order valence-electron chi connectivity index (χ1n) is 8.76. The molecule has 0 amide bonds. The highest BCUT2D eigenvalue weighted by molar-refractivity contribution is 5.85. The van der Waals surface area contributed by atoms with Crippen LogP contribution in [0.25, 0.3) is 0 Å². The molecule has 2 N–H and O–H groups in total. The van der Waals surface area contributed by atoms with E-state index in [0.29, 0.717) is 11.8 Å². The van der Waals surface area contributed by atoms with Crippen LogP contribution in [0.4, 0.5) is 0 Å². The van der Waals surface area contributed by atoms with Crippen molar-refractivity contribution in [2.24, 2.45) is 11.7 Å². The molecular weight excluding hydrogens is 308 g/mol. The van der Waals surface area contributed by atoms with Crippen LogP contribution in [0.3, 0.4) is 0 Å². The van der Waals surface area contributed by atoms with Crippen LogP contribution in [-0.2, 0) is 0 Å². The van der Waals surface area contributed by atoms with E-state index < -0.39 is 0 Å². The van der Waals surface area contributed by atoms with Gasteiger partial charge in [0.1, 0.15) is 5.75 Å². The Labute approximate surface area is 148 Å². The maximum atomic E-state index is 6.20. The second-order valence-corrected chi connectivity index (χ2v) is 6.93. The molecule has 23 heavy (non-hydrogen) atoms. The third-order valence-corrected chi connectivity index (χ3v) is 4.65. The number of rotatable bonds is 7. The van der Waals surface area contributed by atoms with Crippen LogP contribution in [0.5, 0.6) is 5.75 Å². The summed E-state index contributed by atoms with van der Waals surface area (Å²) in [5.41, 5.74) is 8.19. The maximum absolute atomic E-state index is 6.20. The minimum absolute atomic E-state index is 0. The van der Waals surface area contributed by atoms with Crippen LogP contribution in [0, 0.1) is 12.8 Å². The first kappa shape index (κ1) is 20.3. The average molecular weight is 341 g/mol. The average Bonchev–Trinajstić information content (AvgIpc) is 2.51. The molecule has 0 saturated carbocycles. The number of aryl methyl sites for hydroxylation is 1. The van der Waals surface area contributed by atoms with E-state index in [0.717, 1.165) is 31.9 Å². The number of hydrogen-bond donors (Lipinski definition) is 1. The Morgan fingerprint density at radius 3 is 2.57 bits per heavy atom. The molecule has 0 radical (unpaired) electrons. The summed E-state index contributed by atoms with van der Waals surface area (Å²) in [6, 6.07) is 6.58. The predicted octanol–water partition coefficient (Wildman–Crippen LogP) is 3.98. The number of likely N-dealkylation sites (tertiary alicyclic amines) is 1. The molecule has 3 nitrogen and oxygen atoms in total. The lowest BCUT2D eigenvalue weighted by Crippen LogP contribution is -2.36. The van der Waals surface area contributed by atoms with E-state index in [1.807, 2.05) is 0 Å². The SMILES string of the molecule is Cc1ccc(C(C)C)c(OCC2CCN(CCCN)CC2)c1.Cl. The van der Waals surface area contributed by atoms with Crippen molar-refractivity contribution < 1.29 is 4.74 Å². The quantitative estimate of drug-likeness (QED) is 0.816. The minimum Gasteiger partial charge on any atom is -0.493 e. The second-order valence-electron chi connectivity index (χ2n) is 6.93. The van der Waals surface area contributed by atoms with Crippen molar-refractivity contribution in [1.29, 1.82) is 0 Å². The molecule has 0 aromatic heterocycles. The zero-order chi connectivity index (χ0) is 15.9. The van der Waals surface area contributed by atoms with Crippen molar-refractivity contribution in [3.8, 4) is 5.75 Å². The summed E-state index contributed by atoms with van der Waals surface area (Å²) in [6.07, 6.45) is 3.60. The molecule has 0 aliphatic carbocycles. The molecule has 1 aliphatic rings. The van der Waals surface area contributed by atoms with Crippen LogP contribution < -0.4 is 10.5 Å². The Morgan fingerprint density at radius 2 is 1.96 bits per heavy atom. The smallest absolute Gasteiger partial charge is 0.123 e. The molecule has 0 atom stereocenters. The van der Waals surface area contributed by atoms with Crippen LogP contribution in [0.1, 0.15) is 50.2 Å². The number of halogens is 1. The monoisotopic (exact) mass is 340 g/mol. The highest BCUT2D eigenvalue weighted by Gasteiger charge is 2.20. The molecule has 1 heterocycles. The highest BCUT2D eigenvalue weighted by atomic mass is 35.5. The zero-order valence-electron chi connectivity index (χ0n) is 14.9. The van der Waals surface area contributed by atoms with Crippen molar-refractivity contribution in [3.63, 3.8) is 0 Å². The van der Waals surface area contributed by atoms with Crippen molar-refractivity contribution in [2.75, 3.05) is 32.8 Å². The molecule has 4 heteroatoms. The summed E-state index contributed by atoms with van der Waals surface area (Å²) in [4.78, 5) is 2.54. The van der Waals surface area contributed by atoms with Gasteiger partial charge < -0.3 is 15.4 Å². The number of ether oxygens (including phenoxy) is 1. The largest absolute Gasteiger partial charge is 0.493 e. The second kappa shape index (κ2) is 10.2. The van der Waals surface area contributed by atoms with Gasteiger partial charge in [-0.15, -0.1) is 12.4 Å². The van der Waals surface area contributed by atoms with Crippen LogP contribution >= 0.6 is 12.4 Å². The normalized spacial score (nSPS) is 16.4. The fourth-order valence-electron chi connectivity index (χ4n) is 3.14. The highest BCUT2D eigenvalue weighted by Crippen LogP contribution is 2.28. The van der Waals surface area contributed by atoms with Gasteiger partial charge in [0.05, 0.1) is 6.61 Å². The summed E-state index contributed by atoms with van der Waals surface area (Å²) < 4.78 is 6.20. The van der Waals surface area contributed by atoms with Gasteiger partial charge in [-0.3, -0.25) is 0 Å². The number of nitrogens with zero attached hydrogens (tertiary/aromatic N) is 1. The first-order valence-corrected chi connectivity index (χ1v) is 8.76. The van der Waals surface area contributed by atoms with E-state index >= 15 is 0 Å². The van der Waals surface area contributed by atoms with Gasteiger partial charge in [0, 0.05) is 0 Å². The number of piperidine rings is 1. The Hall–Kier alpha value is -0.770. The third-order valence-electron chi connectivity index (χ3n) is 4.65. The fourth-order valence-corrected chi connectivity index (χ4v) is 3.14. The summed E-state index contributed by atoms with van der Waals surface area (Å²) in [5, 5.41) is 0. The van der Waals surface area contributed by atoms with Crippen molar-refractivity contribution in [2.45, 2.75) is 46.0 Å². The summed E-state index contributed by atoms with van der Waals surface area (Å²) in [7, 11) is 0. The van der Waals surface area contributed by atoms with Crippen molar-refractivity contribution >= 4 is 12.4 Å². The Bertz CT molecular complexity index is 457. The first-order chi connectivity index (χ1) is 10.6. The van der Waals surface area contributed by atoms with Gasteiger partial charge in [-0.05, 0) is 81.4 Å². The third kappa shape index (κ3) is 6.33. The minimum atomic E-state index is 0. The summed E-state index contributed by atoms with van der Waals surface area (Å²) in [6.45, 7) is 11.8. The summed E-state index contributed by atoms with van der Waals surface area (Å²) >= 11 is 0. The number of hydrogen-bond acceptors (Lipinski definition) is 3. The Morgan fingerprint density at radius 1 is 1.26 bits per heavy atom. The van der Waals surface area contributed by atoms with Gasteiger partial charge >= 0.3 is 0 Å². The van der Waals surface area contributed by atoms with E-state index in [4.69, 9.17) is 10.5 Å². The Kier molecular flexibility index (Phi) is 8.96. The van der Waals surface area contributed by atoms with Gasteiger partial charge in [0.25, 0.3) is 0 Å². The molecule has 132 valence electrons. The van der Waals surface area contributed by atoms with E-state index in [2.05, 4.69) is 43.9 Å². The molecule has 0 bridgehead atoms. The number of benzene rings is 1. The van der Waals surface area contributed by atoms with Gasteiger partial charge in [0.15, 0.2) is 0 Å². The lowest BCUT2D eigenvalue weighted by Gasteiger charge is -2.32. The molecule has 1 aromatic carbocycles. The van der Waals surface area contributed by atoms with Crippen molar-refractivity contribution in [1.82, 2.24) is 4.90 Å². The lowest BCUT2D eigenvalue weighted by atomic mass is 9.97. The predicted molar refractivity (Wildman–Crippen MR) is 101 cm³/mol. The van der Waals surface area contributed by atoms with Crippen LogP contribution in [0.2, 0.25) is 0 Å². The van der Waals surface area contributed by atoms with E-state index in [1.165, 1.54) is 37.1 Å². The lowest BCUT2D eigenvalue weighted by molar-refractivity contribution is 0.140. The standard InChI is InChI=1S/C19H32N2O.ClH/c1-15(2)18-6-5-16(3)13-19(18)22-14-17-7-11-21(12-8-17)10-4-9-20;/h5-6,13,15,17H,4,7-12,14,20H2,1-3H3;1H. The molecule has 1 saturated heterocycles.